The summed E-state index contributed by atoms with van der Waals surface area (Å²) >= 11 is 4.63. The van der Waals surface area contributed by atoms with Crippen molar-refractivity contribution in [3.63, 3.8) is 0 Å². The van der Waals surface area contributed by atoms with Crippen LogP contribution in [-0.2, 0) is 19.6 Å². The number of halogens is 1. The van der Waals surface area contributed by atoms with Crippen molar-refractivity contribution in [2.24, 2.45) is 0 Å². The molecule has 1 aromatic rings. The van der Waals surface area contributed by atoms with Gasteiger partial charge in [-0.3, -0.25) is 4.79 Å². The van der Waals surface area contributed by atoms with E-state index in [1.165, 1.54) is 34.3 Å². The van der Waals surface area contributed by atoms with Gasteiger partial charge in [0.1, 0.15) is 6.04 Å². The number of ether oxygens (including phenoxy) is 1. The number of hydrogen-bond acceptors (Lipinski definition) is 6. The molecule has 150 valence electrons. The first kappa shape index (κ1) is 22.2. The summed E-state index contributed by atoms with van der Waals surface area (Å²) in [6.45, 7) is 5.75. The van der Waals surface area contributed by atoms with Crippen LogP contribution < -0.4 is 5.32 Å². The second-order valence-electron chi connectivity index (χ2n) is 6.09. The summed E-state index contributed by atoms with van der Waals surface area (Å²) in [6, 6.07) is 3.40. The molecule has 0 radical (unpaired) electrons. The van der Waals surface area contributed by atoms with Crippen LogP contribution in [-0.4, -0.2) is 54.9 Å². The molecule has 1 aromatic carbocycles. The van der Waals surface area contributed by atoms with E-state index < -0.39 is 22.0 Å². The number of thioether (sulfide) groups is 1. The van der Waals surface area contributed by atoms with Crippen LogP contribution in [0.3, 0.4) is 0 Å². The van der Waals surface area contributed by atoms with Crippen molar-refractivity contribution in [2.75, 3.05) is 18.2 Å². The first-order valence-electron chi connectivity index (χ1n) is 8.59. The van der Waals surface area contributed by atoms with Crippen LogP contribution in [0.2, 0.25) is 0 Å². The zero-order chi connectivity index (χ0) is 20.2. The van der Waals surface area contributed by atoms with Crippen LogP contribution in [0, 0.1) is 0 Å². The molecular weight excluding hydrogens is 456 g/mol. The largest absolute Gasteiger partial charge is 0.462 e. The topological polar surface area (TPSA) is 92.8 Å². The standard InChI is InChI=1S/C17H23BrN2O5S2/c1-4-11(3)19-16(21)14-9-26-10-20(14)27(23,24)15-7-6-12(8-13(15)18)17(22)25-5-2/h6-8,11,14H,4-5,9-10H2,1-3H3,(H,19,21). The smallest absolute Gasteiger partial charge is 0.338 e. The number of carbonyl (C=O) groups is 2. The summed E-state index contributed by atoms with van der Waals surface area (Å²) in [5.41, 5.74) is 0.254. The summed E-state index contributed by atoms with van der Waals surface area (Å²) in [4.78, 5) is 24.3. The Morgan fingerprint density at radius 2 is 2.11 bits per heavy atom. The summed E-state index contributed by atoms with van der Waals surface area (Å²) in [6.07, 6.45) is 0.763. The Morgan fingerprint density at radius 3 is 2.70 bits per heavy atom. The summed E-state index contributed by atoms with van der Waals surface area (Å²) < 4.78 is 32.6. The fraction of sp³-hybridized carbons (Fsp3) is 0.529. The predicted molar refractivity (Wildman–Crippen MR) is 108 cm³/mol. The maximum atomic E-state index is 13.1. The minimum absolute atomic E-state index is 0.0133. The highest BCUT2D eigenvalue weighted by Gasteiger charge is 2.41. The lowest BCUT2D eigenvalue weighted by Gasteiger charge is -2.24. The number of carbonyl (C=O) groups excluding carboxylic acids is 2. The molecule has 7 nitrogen and oxygen atoms in total. The number of benzene rings is 1. The Bertz CT molecular complexity index is 816. The molecule has 1 aliphatic rings. The van der Waals surface area contributed by atoms with Crippen molar-refractivity contribution in [3.05, 3.63) is 28.2 Å². The van der Waals surface area contributed by atoms with Crippen molar-refractivity contribution in [3.8, 4) is 0 Å². The molecule has 0 aromatic heterocycles. The highest BCUT2D eigenvalue weighted by Crippen LogP contribution is 2.32. The number of nitrogens with zero attached hydrogens (tertiary/aromatic N) is 1. The molecule has 1 saturated heterocycles. The van der Waals surface area contributed by atoms with E-state index in [4.69, 9.17) is 4.74 Å². The van der Waals surface area contributed by atoms with Crippen LogP contribution in [0.25, 0.3) is 0 Å². The number of sulfonamides is 1. The van der Waals surface area contributed by atoms with Gasteiger partial charge in [0, 0.05) is 16.3 Å². The molecule has 27 heavy (non-hydrogen) atoms. The van der Waals surface area contributed by atoms with Gasteiger partial charge in [0.2, 0.25) is 15.9 Å². The first-order valence-corrected chi connectivity index (χ1v) is 12.0. The lowest BCUT2D eigenvalue weighted by Crippen LogP contribution is -2.49. The van der Waals surface area contributed by atoms with Gasteiger partial charge in [-0.1, -0.05) is 6.92 Å². The Morgan fingerprint density at radius 1 is 1.41 bits per heavy atom. The van der Waals surface area contributed by atoms with E-state index in [1.807, 2.05) is 13.8 Å². The van der Waals surface area contributed by atoms with Gasteiger partial charge in [-0.25, -0.2) is 13.2 Å². The maximum absolute atomic E-state index is 13.1. The van der Waals surface area contributed by atoms with Gasteiger partial charge in [0.05, 0.1) is 22.9 Å². The molecule has 1 fully saturated rings. The second kappa shape index (κ2) is 9.40. The van der Waals surface area contributed by atoms with E-state index >= 15 is 0 Å². The second-order valence-corrected chi connectivity index (χ2v) is 9.80. The van der Waals surface area contributed by atoms with Gasteiger partial charge >= 0.3 is 5.97 Å². The quantitative estimate of drug-likeness (QED) is 0.605. The van der Waals surface area contributed by atoms with Crippen molar-refractivity contribution >= 4 is 49.6 Å². The van der Waals surface area contributed by atoms with Gasteiger partial charge in [-0.15, -0.1) is 11.8 Å². The molecule has 0 bridgehead atoms. The number of esters is 1. The third-order valence-electron chi connectivity index (χ3n) is 4.18. The van der Waals surface area contributed by atoms with Crippen molar-refractivity contribution in [1.82, 2.24) is 9.62 Å². The third kappa shape index (κ3) is 5.04. The molecule has 2 atom stereocenters. The lowest BCUT2D eigenvalue weighted by molar-refractivity contribution is -0.124. The number of nitrogens with one attached hydrogen (secondary N) is 1. The van der Waals surface area contributed by atoms with E-state index in [-0.39, 0.29) is 39.4 Å². The molecular formula is C17H23BrN2O5S2. The zero-order valence-corrected chi connectivity index (χ0v) is 18.6. The van der Waals surface area contributed by atoms with Crippen LogP contribution >= 0.6 is 27.7 Å². The molecule has 0 saturated carbocycles. The minimum atomic E-state index is -3.91. The molecule has 10 heteroatoms. The summed E-state index contributed by atoms with van der Waals surface area (Å²) in [5, 5.41) is 2.85. The third-order valence-corrected chi connectivity index (χ3v) is 8.18. The van der Waals surface area contributed by atoms with E-state index in [9.17, 15) is 18.0 Å². The molecule has 2 unspecified atom stereocenters. The zero-order valence-electron chi connectivity index (χ0n) is 15.4. The summed E-state index contributed by atoms with van der Waals surface area (Å²) in [7, 11) is -3.91. The molecule has 2 rings (SSSR count). The first-order chi connectivity index (χ1) is 12.7. The maximum Gasteiger partial charge on any atom is 0.338 e. The van der Waals surface area contributed by atoms with Crippen LogP contribution in [0.1, 0.15) is 37.6 Å². The Kier molecular flexibility index (Phi) is 7.73. The molecule has 0 aliphatic carbocycles. The number of rotatable bonds is 7. The van der Waals surface area contributed by atoms with Gasteiger partial charge in [0.25, 0.3) is 0 Å². The predicted octanol–water partition coefficient (Wildman–Crippen LogP) is 2.60. The van der Waals surface area contributed by atoms with E-state index in [1.54, 1.807) is 6.92 Å². The summed E-state index contributed by atoms with van der Waals surface area (Å²) in [5.74, 6) is -0.214. The molecule has 0 spiro atoms. The van der Waals surface area contributed by atoms with Crippen LogP contribution in [0.4, 0.5) is 0 Å². The van der Waals surface area contributed by atoms with Gasteiger partial charge < -0.3 is 10.1 Å². The molecule has 1 heterocycles. The number of hydrogen-bond donors (Lipinski definition) is 1. The minimum Gasteiger partial charge on any atom is -0.462 e. The van der Waals surface area contributed by atoms with Gasteiger partial charge in [0.15, 0.2) is 0 Å². The highest BCUT2D eigenvalue weighted by molar-refractivity contribution is 9.10. The molecule has 1 amide bonds. The van der Waals surface area contributed by atoms with Crippen molar-refractivity contribution in [2.45, 2.75) is 44.2 Å². The normalized spacial score (nSPS) is 18.9. The van der Waals surface area contributed by atoms with Crippen molar-refractivity contribution < 1.29 is 22.7 Å². The fourth-order valence-corrected chi connectivity index (χ4v) is 6.68. The Hall–Kier alpha value is -1.10. The van der Waals surface area contributed by atoms with E-state index in [0.29, 0.717) is 5.75 Å². The van der Waals surface area contributed by atoms with Crippen LogP contribution in [0.15, 0.2) is 27.6 Å². The molecule has 1 aliphatic heterocycles. The number of amides is 1. The van der Waals surface area contributed by atoms with Gasteiger partial charge in [-0.05, 0) is 54.4 Å². The lowest BCUT2D eigenvalue weighted by atomic mass is 10.2. The average molecular weight is 479 g/mol. The molecule has 1 N–H and O–H groups in total. The van der Waals surface area contributed by atoms with E-state index in [0.717, 1.165) is 6.42 Å². The van der Waals surface area contributed by atoms with Gasteiger partial charge in [-0.2, -0.15) is 4.31 Å². The Labute approximate surface area is 172 Å². The van der Waals surface area contributed by atoms with Crippen LogP contribution in [0.5, 0.6) is 0 Å². The SMILES string of the molecule is CCOC(=O)c1ccc(S(=O)(=O)N2CSCC2C(=O)NC(C)CC)c(Br)c1. The monoisotopic (exact) mass is 478 g/mol. The Balaban J connectivity index is 2.29. The van der Waals surface area contributed by atoms with E-state index in [2.05, 4.69) is 21.2 Å². The average Bonchev–Trinajstić information content (AvgIpc) is 3.12. The highest BCUT2D eigenvalue weighted by atomic mass is 79.9. The van der Waals surface area contributed by atoms with Crippen molar-refractivity contribution in [1.29, 1.82) is 0 Å². The fourth-order valence-electron chi connectivity index (χ4n) is 2.49.